The molecule has 0 aliphatic carbocycles. The first-order valence-electron chi connectivity index (χ1n) is 5.85. The van der Waals surface area contributed by atoms with Crippen molar-refractivity contribution < 1.29 is 18.1 Å². The first-order chi connectivity index (χ1) is 9.26. The molecule has 1 amide bonds. The number of nitrogens with zero attached hydrogens (tertiary/aromatic N) is 1. The van der Waals surface area contributed by atoms with Crippen LogP contribution in [-0.2, 0) is 10.0 Å². The van der Waals surface area contributed by atoms with E-state index < -0.39 is 20.9 Å². The van der Waals surface area contributed by atoms with E-state index in [4.69, 9.17) is 5.73 Å². The average Bonchev–Trinajstić information content (AvgIpc) is 2.35. The molecule has 1 aromatic rings. The Bertz CT molecular complexity index is 627. The van der Waals surface area contributed by atoms with Crippen LogP contribution in [0.2, 0.25) is 0 Å². The monoisotopic (exact) mass is 301 g/mol. The molecule has 0 heterocycles. The molecule has 0 atom stereocenters. The highest BCUT2D eigenvalue weighted by molar-refractivity contribution is 7.90. The van der Waals surface area contributed by atoms with Crippen LogP contribution >= 0.6 is 0 Å². The largest absolute Gasteiger partial charge is 0.393 e. The summed E-state index contributed by atoms with van der Waals surface area (Å²) in [6.45, 7) is 1.83. The number of anilines is 1. The summed E-state index contributed by atoms with van der Waals surface area (Å²) in [7, 11) is -3.70. The summed E-state index contributed by atoms with van der Waals surface area (Å²) in [6, 6.07) is 3.28. The molecular formula is C11H15N3O5S. The first-order valence-corrected chi connectivity index (χ1v) is 7.51. The second-order valence-corrected chi connectivity index (χ2v) is 5.98. The molecule has 110 valence electrons. The van der Waals surface area contributed by atoms with Crippen molar-refractivity contribution in [3.63, 3.8) is 0 Å². The SMILES string of the molecule is CCCCS(=O)(=O)NC(=O)c1ccc([N+](=O)[O-])c(N)c1. The quantitative estimate of drug-likeness (QED) is 0.458. The highest BCUT2D eigenvalue weighted by Gasteiger charge is 2.18. The Balaban J connectivity index is 2.89. The molecule has 0 spiro atoms. The lowest BCUT2D eigenvalue weighted by Gasteiger charge is -2.07. The van der Waals surface area contributed by atoms with Crippen LogP contribution in [0.1, 0.15) is 30.1 Å². The van der Waals surface area contributed by atoms with Crippen molar-refractivity contribution in [2.45, 2.75) is 19.8 Å². The Labute approximate surface area is 116 Å². The van der Waals surface area contributed by atoms with Crippen LogP contribution in [0.25, 0.3) is 0 Å². The summed E-state index contributed by atoms with van der Waals surface area (Å²) < 4.78 is 25.0. The van der Waals surface area contributed by atoms with E-state index >= 15 is 0 Å². The van der Waals surface area contributed by atoms with Gasteiger partial charge in [0.25, 0.3) is 11.6 Å². The summed E-state index contributed by atoms with van der Waals surface area (Å²) in [6.07, 6.45) is 1.12. The van der Waals surface area contributed by atoms with E-state index in [0.717, 1.165) is 18.2 Å². The van der Waals surface area contributed by atoms with Crippen molar-refractivity contribution in [2.24, 2.45) is 0 Å². The Morgan fingerprint density at radius 1 is 1.45 bits per heavy atom. The van der Waals surface area contributed by atoms with Crippen LogP contribution in [0.4, 0.5) is 11.4 Å². The Morgan fingerprint density at radius 3 is 2.60 bits per heavy atom. The molecule has 1 rings (SSSR count). The van der Waals surface area contributed by atoms with Gasteiger partial charge >= 0.3 is 0 Å². The van der Waals surface area contributed by atoms with Crippen molar-refractivity contribution in [2.75, 3.05) is 11.5 Å². The number of hydrogen-bond donors (Lipinski definition) is 2. The van der Waals surface area contributed by atoms with E-state index in [-0.39, 0.29) is 22.7 Å². The molecule has 0 aromatic heterocycles. The predicted octanol–water partition coefficient (Wildman–Crippen LogP) is 1.04. The molecule has 9 heteroatoms. The van der Waals surface area contributed by atoms with Crippen molar-refractivity contribution in [1.29, 1.82) is 0 Å². The number of rotatable bonds is 6. The zero-order chi connectivity index (χ0) is 15.3. The number of hydrogen-bond acceptors (Lipinski definition) is 6. The second-order valence-electron chi connectivity index (χ2n) is 4.13. The van der Waals surface area contributed by atoms with Gasteiger partial charge in [-0.05, 0) is 18.6 Å². The minimum Gasteiger partial charge on any atom is -0.393 e. The average molecular weight is 301 g/mol. The first kappa shape index (κ1) is 15.9. The van der Waals surface area contributed by atoms with Gasteiger partial charge in [-0.2, -0.15) is 0 Å². The van der Waals surface area contributed by atoms with Crippen LogP contribution in [0.3, 0.4) is 0 Å². The lowest BCUT2D eigenvalue weighted by Crippen LogP contribution is -2.32. The third kappa shape index (κ3) is 4.19. The van der Waals surface area contributed by atoms with E-state index in [1.165, 1.54) is 0 Å². The molecule has 0 saturated heterocycles. The molecule has 0 unspecified atom stereocenters. The molecular weight excluding hydrogens is 286 g/mol. The fourth-order valence-corrected chi connectivity index (χ4v) is 2.62. The van der Waals surface area contributed by atoms with E-state index in [1.54, 1.807) is 0 Å². The minimum absolute atomic E-state index is 0.0480. The summed E-state index contributed by atoms with van der Waals surface area (Å²) in [5.41, 5.74) is 4.85. The maximum absolute atomic E-state index is 11.7. The third-order valence-corrected chi connectivity index (χ3v) is 3.82. The fraction of sp³-hybridized carbons (Fsp3) is 0.364. The van der Waals surface area contributed by atoms with Crippen LogP contribution in [0, 0.1) is 10.1 Å². The molecule has 0 fully saturated rings. The van der Waals surface area contributed by atoms with Crippen molar-refractivity contribution in [3.8, 4) is 0 Å². The highest BCUT2D eigenvalue weighted by Crippen LogP contribution is 2.22. The molecule has 20 heavy (non-hydrogen) atoms. The number of benzene rings is 1. The van der Waals surface area contributed by atoms with Crippen LogP contribution in [0.5, 0.6) is 0 Å². The van der Waals surface area contributed by atoms with Crippen molar-refractivity contribution >= 4 is 27.3 Å². The van der Waals surface area contributed by atoms with Crippen LogP contribution in [0.15, 0.2) is 18.2 Å². The predicted molar refractivity (Wildman–Crippen MR) is 73.7 cm³/mol. The van der Waals surface area contributed by atoms with Gasteiger partial charge in [-0.1, -0.05) is 13.3 Å². The van der Waals surface area contributed by atoms with Crippen molar-refractivity contribution in [3.05, 3.63) is 33.9 Å². The lowest BCUT2D eigenvalue weighted by molar-refractivity contribution is -0.383. The van der Waals surface area contributed by atoms with Gasteiger partial charge in [0.05, 0.1) is 10.7 Å². The molecule has 8 nitrogen and oxygen atoms in total. The summed E-state index contributed by atoms with van der Waals surface area (Å²) in [4.78, 5) is 21.6. The number of carbonyl (C=O) groups excluding carboxylic acids is 1. The Hall–Kier alpha value is -2.16. The summed E-state index contributed by atoms with van der Waals surface area (Å²) >= 11 is 0. The number of nitro groups is 1. The van der Waals surface area contributed by atoms with Gasteiger partial charge in [0.2, 0.25) is 10.0 Å². The third-order valence-electron chi connectivity index (χ3n) is 2.50. The molecule has 0 saturated carbocycles. The van der Waals surface area contributed by atoms with E-state index in [1.807, 2.05) is 11.6 Å². The van der Waals surface area contributed by atoms with E-state index in [0.29, 0.717) is 12.8 Å². The number of carbonyl (C=O) groups is 1. The number of nitrogens with two attached hydrogens (primary N) is 1. The topological polar surface area (TPSA) is 132 Å². The maximum atomic E-state index is 11.7. The van der Waals surface area contributed by atoms with Crippen LogP contribution in [-0.4, -0.2) is 25.0 Å². The standard InChI is InChI=1S/C11H15N3O5S/c1-2-3-6-20(18,19)13-11(15)8-4-5-10(14(16)17)9(12)7-8/h4-5,7H,2-3,6,12H2,1H3,(H,13,15). The van der Waals surface area contributed by atoms with Gasteiger partial charge in [-0.25, -0.2) is 13.1 Å². The molecule has 1 aromatic carbocycles. The number of nitrogen functional groups attached to an aromatic ring is 1. The molecule has 0 aliphatic heterocycles. The smallest absolute Gasteiger partial charge is 0.292 e. The minimum atomic E-state index is -3.70. The number of nitrogens with one attached hydrogen (secondary N) is 1. The maximum Gasteiger partial charge on any atom is 0.292 e. The zero-order valence-electron chi connectivity index (χ0n) is 10.8. The van der Waals surface area contributed by atoms with Crippen LogP contribution < -0.4 is 10.5 Å². The molecule has 0 radical (unpaired) electrons. The highest BCUT2D eigenvalue weighted by atomic mass is 32.2. The zero-order valence-corrected chi connectivity index (χ0v) is 11.6. The van der Waals surface area contributed by atoms with Crippen molar-refractivity contribution in [1.82, 2.24) is 4.72 Å². The number of sulfonamides is 1. The van der Waals surface area contributed by atoms with Gasteiger partial charge in [0, 0.05) is 11.6 Å². The second kappa shape index (κ2) is 6.33. The lowest BCUT2D eigenvalue weighted by atomic mass is 10.1. The number of amides is 1. The Morgan fingerprint density at radius 2 is 2.10 bits per heavy atom. The molecule has 3 N–H and O–H groups in total. The Kier molecular flexibility index (Phi) is 5.03. The van der Waals surface area contributed by atoms with Gasteiger partial charge < -0.3 is 5.73 Å². The number of unbranched alkanes of at least 4 members (excludes halogenated alkanes) is 1. The van der Waals surface area contributed by atoms with Gasteiger partial charge in [0.15, 0.2) is 0 Å². The fourth-order valence-electron chi connectivity index (χ4n) is 1.45. The van der Waals surface area contributed by atoms with E-state index in [2.05, 4.69) is 0 Å². The number of nitro benzene ring substituents is 1. The van der Waals surface area contributed by atoms with Gasteiger partial charge in [-0.15, -0.1) is 0 Å². The molecule has 0 bridgehead atoms. The summed E-state index contributed by atoms with van der Waals surface area (Å²) in [5.74, 6) is -1.01. The molecule has 0 aliphatic rings. The summed E-state index contributed by atoms with van der Waals surface area (Å²) in [5, 5.41) is 10.6. The van der Waals surface area contributed by atoms with E-state index in [9.17, 15) is 23.3 Å². The van der Waals surface area contributed by atoms with Gasteiger partial charge in [-0.3, -0.25) is 14.9 Å². The normalized spacial score (nSPS) is 11.1. The van der Waals surface area contributed by atoms with Gasteiger partial charge in [0.1, 0.15) is 5.69 Å².